The van der Waals surface area contributed by atoms with E-state index in [1.54, 1.807) is 0 Å². The quantitative estimate of drug-likeness (QED) is 0.676. The fraction of sp³-hybridized carbons (Fsp3) is 0.333. The number of hydrogen-bond acceptors (Lipinski definition) is 2. The Hall–Kier alpha value is -1.80. The van der Waals surface area contributed by atoms with Gasteiger partial charge in [-0.2, -0.15) is 0 Å². The summed E-state index contributed by atoms with van der Waals surface area (Å²) in [4.78, 5) is 2.34. The molecule has 0 saturated carbocycles. The second kappa shape index (κ2) is 8.39. The van der Waals surface area contributed by atoms with Crippen molar-refractivity contribution in [1.82, 2.24) is 0 Å². The Morgan fingerprint density at radius 3 is 2.15 bits per heavy atom. The Morgan fingerprint density at radius 1 is 0.850 bits per heavy atom. The fourth-order valence-electron chi connectivity index (χ4n) is 2.22. The van der Waals surface area contributed by atoms with Crippen molar-refractivity contribution >= 4 is 5.69 Å². The molecule has 0 fully saturated rings. The van der Waals surface area contributed by atoms with E-state index < -0.39 is 0 Å². The summed E-state index contributed by atoms with van der Waals surface area (Å²) in [5.41, 5.74) is 2.60. The van der Waals surface area contributed by atoms with E-state index in [9.17, 15) is 0 Å². The van der Waals surface area contributed by atoms with Gasteiger partial charge in [-0.3, -0.25) is 0 Å². The SMILES string of the molecule is CCN(CCOCCc1ccccc1)c1ccccc1. The Morgan fingerprint density at radius 2 is 1.50 bits per heavy atom. The lowest BCUT2D eigenvalue weighted by atomic mass is 10.2. The molecule has 2 nitrogen and oxygen atoms in total. The molecular weight excluding hydrogens is 246 g/mol. The van der Waals surface area contributed by atoms with Crippen molar-refractivity contribution in [2.45, 2.75) is 13.3 Å². The molecule has 106 valence electrons. The normalized spacial score (nSPS) is 10.4. The third kappa shape index (κ3) is 4.71. The molecule has 0 aliphatic rings. The molecule has 0 spiro atoms. The van der Waals surface area contributed by atoms with Crippen LogP contribution in [0.3, 0.4) is 0 Å². The van der Waals surface area contributed by atoms with Crippen molar-refractivity contribution in [3.05, 3.63) is 66.2 Å². The van der Waals surface area contributed by atoms with Crippen LogP contribution in [0, 0.1) is 0 Å². The van der Waals surface area contributed by atoms with Crippen LogP contribution in [0.1, 0.15) is 12.5 Å². The monoisotopic (exact) mass is 269 g/mol. The highest BCUT2D eigenvalue weighted by Crippen LogP contribution is 2.12. The standard InChI is InChI=1S/C18H23NO/c1-2-19(18-11-7-4-8-12-18)14-16-20-15-13-17-9-5-3-6-10-17/h3-12H,2,13-16H2,1H3. The van der Waals surface area contributed by atoms with Gasteiger partial charge in [0.25, 0.3) is 0 Å². The van der Waals surface area contributed by atoms with Crippen LogP contribution in [0.2, 0.25) is 0 Å². The van der Waals surface area contributed by atoms with E-state index >= 15 is 0 Å². The third-order valence-electron chi connectivity index (χ3n) is 3.39. The summed E-state index contributed by atoms with van der Waals surface area (Å²) in [6, 6.07) is 21.0. The van der Waals surface area contributed by atoms with E-state index in [1.165, 1.54) is 11.3 Å². The summed E-state index contributed by atoms with van der Waals surface area (Å²) in [6.07, 6.45) is 0.984. The van der Waals surface area contributed by atoms with Crippen molar-refractivity contribution in [3.8, 4) is 0 Å². The zero-order valence-corrected chi connectivity index (χ0v) is 12.2. The topological polar surface area (TPSA) is 12.5 Å². The van der Waals surface area contributed by atoms with Crippen LogP contribution in [0.5, 0.6) is 0 Å². The van der Waals surface area contributed by atoms with Crippen LogP contribution in [0.4, 0.5) is 5.69 Å². The Balaban J connectivity index is 1.67. The molecule has 0 radical (unpaired) electrons. The average Bonchev–Trinajstić information content (AvgIpc) is 2.53. The number of para-hydroxylation sites is 1. The molecule has 0 unspecified atom stereocenters. The van der Waals surface area contributed by atoms with Gasteiger partial charge in [-0.05, 0) is 31.0 Å². The molecular formula is C18H23NO. The third-order valence-corrected chi connectivity index (χ3v) is 3.39. The maximum Gasteiger partial charge on any atom is 0.0641 e. The Kier molecular flexibility index (Phi) is 6.12. The van der Waals surface area contributed by atoms with Gasteiger partial charge in [0.2, 0.25) is 0 Å². The second-order valence-corrected chi connectivity index (χ2v) is 4.76. The van der Waals surface area contributed by atoms with Gasteiger partial charge < -0.3 is 9.64 Å². The van der Waals surface area contributed by atoms with Crippen molar-refractivity contribution in [1.29, 1.82) is 0 Å². The summed E-state index contributed by atoms with van der Waals surface area (Å²) in [5.74, 6) is 0. The van der Waals surface area contributed by atoms with E-state index in [-0.39, 0.29) is 0 Å². The van der Waals surface area contributed by atoms with Gasteiger partial charge in [-0.25, -0.2) is 0 Å². The first kappa shape index (κ1) is 14.6. The molecule has 20 heavy (non-hydrogen) atoms. The molecule has 0 atom stereocenters. The minimum absolute atomic E-state index is 0.773. The van der Waals surface area contributed by atoms with Gasteiger partial charge >= 0.3 is 0 Å². The van der Waals surface area contributed by atoms with Gasteiger partial charge in [0.15, 0.2) is 0 Å². The van der Waals surface area contributed by atoms with E-state index in [0.717, 1.165) is 32.7 Å². The molecule has 0 aliphatic heterocycles. The number of rotatable bonds is 8. The van der Waals surface area contributed by atoms with E-state index in [4.69, 9.17) is 4.74 Å². The number of benzene rings is 2. The largest absolute Gasteiger partial charge is 0.379 e. The Labute approximate surface area is 122 Å². The smallest absolute Gasteiger partial charge is 0.0641 e. The van der Waals surface area contributed by atoms with Crippen LogP contribution in [-0.4, -0.2) is 26.3 Å². The lowest BCUT2D eigenvalue weighted by Crippen LogP contribution is -2.27. The van der Waals surface area contributed by atoms with Crippen LogP contribution in [-0.2, 0) is 11.2 Å². The zero-order chi connectivity index (χ0) is 14.0. The number of ether oxygens (including phenoxy) is 1. The number of nitrogens with zero attached hydrogens (tertiary/aromatic N) is 1. The van der Waals surface area contributed by atoms with Gasteiger partial charge in [0, 0.05) is 18.8 Å². The molecule has 2 aromatic carbocycles. The summed E-state index contributed by atoms with van der Waals surface area (Å²) in [5, 5.41) is 0. The van der Waals surface area contributed by atoms with Crippen LogP contribution in [0.15, 0.2) is 60.7 Å². The molecule has 0 bridgehead atoms. The predicted molar refractivity (Wildman–Crippen MR) is 85.3 cm³/mol. The Bertz CT molecular complexity index is 469. The van der Waals surface area contributed by atoms with Crippen LogP contribution < -0.4 is 4.90 Å². The highest BCUT2D eigenvalue weighted by molar-refractivity contribution is 5.45. The van der Waals surface area contributed by atoms with Gasteiger partial charge in [0.05, 0.1) is 13.2 Å². The molecule has 0 N–H and O–H groups in total. The van der Waals surface area contributed by atoms with Crippen LogP contribution in [0.25, 0.3) is 0 Å². The molecule has 0 aliphatic carbocycles. The van der Waals surface area contributed by atoms with Crippen molar-refractivity contribution in [2.24, 2.45) is 0 Å². The lowest BCUT2D eigenvalue weighted by Gasteiger charge is -2.22. The lowest BCUT2D eigenvalue weighted by molar-refractivity contribution is 0.143. The first-order valence-electron chi connectivity index (χ1n) is 7.32. The van der Waals surface area contributed by atoms with Crippen molar-refractivity contribution < 1.29 is 4.74 Å². The van der Waals surface area contributed by atoms with Crippen molar-refractivity contribution in [2.75, 3.05) is 31.2 Å². The summed E-state index contributed by atoms with van der Waals surface area (Å²) < 4.78 is 5.75. The first-order chi connectivity index (χ1) is 9.90. The minimum atomic E-state index is 0.773. The van der Waals surface area contributed by atoms with Gasteiger partial charge in [-0.1, -0.05) is 48.5 Å². The highest BCUT2D eigenvalue weighted by atomic mass is 16.5. The minimum Gasteiger partial charge on any atom is -0.379 e. The maximum atomic E-state index is 5.75. The summed E-state index contributed by atoms with van der Waals surface area (Å²) in [6.45, 7) is 5.68. The molecule has 0 amide bonds. The van der Waals surface area contributed by atoms with E-state index in [2.05, 4.69) is 60.4 Å². The summed E-state index contributed by atoms with van der Waals surface area (Å²) in [7, 11) is 0. The molecule has 2 heteroatoms. The zero-order valence-electron chi connectivity index (χ0n) is 12.2. The first-order valence-corrected chi connectivity index (χ1v) is 7.32. The van der Waals surface area contributed by atoms with E-state index in [0.29, 0.717) is 0 Å². The summed E-state index contributed by atoms with van der Waals surface area (Å²) >= 11 is 0. The molecule has 0 aromatic heterocycles. The molecule has 2 rings (SSSR count). The van der Waals surface area contributed by atoms with Gasteiger partial charge in [-0.15, -0.1) is 0 Å². The van der Waals surface area contributed by atoms with Gasteiger partial charge in [0.1, 0.15) is 0 Å². The van der Waals surface area contributed by atoms with Crippen molar-refractivity contribution in [3.63, 3.8) is 0 Å². The van der Waals surface area contributed by atoms with E-state index in [1.807, 2.05) is 12.1 Å². The van der Waals surface area contributed by atoms with Crippen LogP contribution >= 0.6 is 0 Å². The highest BCUT2D eigenvalue weighted by Gasteiger charge is 2.02. The maximum absolute atomic E-state index is 5.75. The predicted octanol–water partition coefficient (Wildman–Crippen LogP) is 3.77. The molecule has 2 aromatic rings. The number of likely N-dealkylation sites (N-methyl/N-ethyl adjacent to an activating group) is 1. The molecule has 0 heterocycles. The number of hydrogen-bond donors (Lipinski definition) is 0. The fourth-order valence-corrected chi connectivity index (χ4v) is 2.22. The molecule has 0 saturated heterocycles. The average molecular weight is 269 g/mol. The second-order valence-electron chi connectivity index (χ2n) is 4.76. The number of anilines is 1.